The van der Waals surface area contributed by atoms with Crippen molar-refractivity contribution < 1.29 is 23.5 Å². The highest BCUT2D eigenvalue weighted by atomic mass is 35.5. The second-order valence-electron chi connectivity index (χ2n) is 7.40. The van der Waals surface area contributed by atoms with Crippen molar-refractivity contribution >= 4 is 40.1 Å². The molecule has 0 unspecified atom stereocenters. The van der Waals surface area contributed by atoms with Gasteiger partial charge in [0.1, 0.15) is 18.2 Å². The van der Waals surface area contributed by atoms with E-state index in [4.69, 9.17) is 21.1 Å². The Morgan fingerprint density at radius 1 is 0.970 bits per heavy atom. The minimum atomic E-state index is -0.611. The molecule has 0 spiro atoms. The van der Waals surface area contributed by atoms with Crippen molar-refractivity contribution in [3.05, 3.63) is 94.3 Å². The van der Waals surface area contributed by atoms with Crippen molar-refractivity contribution in [3.8, 4) is 11.5 Å². The summed E-state index contributed by atoms with van der Waals surface area (Å²) >= 11 is 5.93. The molecule has 2 amide bonds. The summed E-state index contributed by atoms with van der Waals surface area (Å²) in [4.78, 5) is 31.6. The molecule has 0 bridgehead atoms. The standard InChI is InChI=1S/C25H16ClFN2O4/c1-32-16-8-6-14(7-9-16)13-33-22-11-15-10-20(27)19(26)12-21(15)28-23(22)29-24(30)17-4-2-3-5-18(17)25(29)31/h2-12H,13H2,1H3. The fourth-order valence-corrected chi connectivity index (χ4v) is 3.83. The summed E-state index contributed by atoms with van der Waals surface area (Å²) < 4.78 is 25.2. The molecule has 0 saturated carbocycles. The number of amides is 2. The van der Waals surface area contributed by atoms with Gasteiger partial charge in [0.2, 0.25) is 0 Å². The molecule has 8 heteroatoms. The number of aromatic nitrogens is 1. The third-order valence-electron chi connectivity index (χ3n) is 5.36. The van der Waals surface area contributed by atoms with Gasteiger partial charge in [0.25, 0.3) is 11.8 Å². The number of hydrogen-bond acceptors (Lipinski definition) is 5. The first-order chi connectivity index (χ1) is 16.0. The number of imide groups is 1. The average molecular weight is 463 g/mol. The molecule has 2 heterocycles. The van der Waals surface area contributed by atoms with Crippen molar-refractivity contribution in [2.75, 3.05) is 12.0 Å². The Kier molecular flexibility index (Phi) is 5.18. The van der Waals surface area contributed by atoms with Gasteiger partial charge in [-0.2, -0.15) is 0 Å². The molecule has 1 aliphatic heterocycles. The van der Waals surface area contributed by atoms with E-state index < -0.39 is 17.6 Å². The lowest BCUT2D eigenvalue weighted by molar-refractivity contribution is 0.0923. The maximum absolute atomic E-state index is 14.1. The molecule has 0 aliphatic carbocycles. The topological polar surface area (TPSA) is 68.7 Å². The molecule has 0 N–H and O–H groups in total. The molecule has 1 aliphatic rings. The van der Waals surface area contributed by atoms with E-state index in [9.17, 15) is 14.0 Å². The zero-order valence-electron chi connectivity index (χ0n) is 17.3. The summed E-state index contributed by atoms with van der Waals surface area (Å²) in [5.41, 5.74) is 1.71. The van der Waals surface area contributed by atoms with Crippen LogP contribution >= 0.6 is 11.6 Å². The van der Waals surface area contributed by atoms with Crippen LogP contribution in [0.25, 0.3) is 10.9 Å². The van der Waals surface area contributed by atoms with Crippen molar-refractivity contribution in [1.29, 1.82) is 0 Å². The summed E-state index contributed by atoms with van der Waals surface area (Å²) in [6, 6.07) is 17.9. The SMILES string of the molecule is COc1ccc(COc2cc3cc(F)c(Cl)cc3nc2N2C(=O)c3ccccc3C2=O)cc1. The summed E-state index contributed by atoms with van der Waals surface area (Å²) in [6.45, 7) is 0.128. The highest BCUT2D eigenvalue weighted by Gasteiger charge is 2.39. The zero-order valence-corrected chi connectivity index (χ0v) is 18.1. The highest BCUT2D eigenvalue weighted by Crippen LogP contribution is 2.37. The predicted octanol–water partition coefficient (Wildman–Crippen LogP) is 5.42. The molecule has 1 aromatic heterocycles. The molecule has 3 aromatic carbocycles. The first-order valence-corrected chi connectivity index (χ1v) is 10.4. The third kappa shape index (κ3) is 3.66. The second-order valence-corrected chi connectivity index (χ2v) is 7.80. The smallest absolute Gasteiger partial charge is 0.267 e. The summed E-state index contributed by atoms with van der Waals surface area (Å²) in [5, 5.41) is 0.303. The lowest BCUT2D eigenvalue weighted by atomic mass is 10.1. The van der Waals surface area contributed by atoms with Crippen LogP contribution in [0.4, 0.5) is 10.2 Å². The molecule has 33 heavy (non-hydrogen) atoms. The van der Waals surface area contributed by atoms with Gasteiger partial charge in [0.15, 0.2) is 11.6 Å². The second kappa shape index (κ2) is 8.18. The average Bonchev–Trinajstić information content (AvgIpc) is 3.08. The summed E-state index contributed by atoms with van der Waals surface area (Å²) in [6.07, 6.45) is 0. The number of rotatable bonds is 5. The van der Waals surface area contributed by atoms with Crippen LogP contribution < -0.4 is 14.4 Å². The van der Waals surface area contributed by atoms with Crippen molar-refractivity contribution in [2.24, 2.45) is 0 Å². The molecule has 4 aromatic rings. The van der Waals surface area contributed by atoms with Gasteiger partial charge in [-0.3, -0.25) is 9.59 Å². The van der Waals surface area contributed by atoms with Crippen LogP contribution in [0.15, 0.2) is 66.7 Å². The number of carbonyl (C=O) groups excluding carboxylic acids is 2. The maximum Gasteiger partial charge on any atom is 0.267 e. The molecule has 0 radical (unpaired) electrons. The number of halogens is 2. The fourth-order valence-electron chi connectivity index (χ4n) is 3.67. The van der Waals surface area contributed by atoms with Crippen LogP contribution in [0, 0.1) is 5.82 Å². The van der Waals surface area contributed by atoms with Crippen LogP contribution in [0.1, 0.15) is 26.3 Å². The Labute approximate surface area is 193 Å². The monoisotopic (exact) mass is 462 g/mol. The largest absolute Gasteiger partial charge is 0.497 e. The van der Waals surface area contributed by atoms with Gasteiger partial charge in [0.05, 0.1) is 28.8 Å². The predicted molar refractivity (Wildman–Crippen MR) is 122 cm³/mol. The van der Waals surface area contributed by atoms with E-state index in [1.54, 1.807) is 49.6 Å². The van der Waals surface area contributed by atoms with Crippen molar-refractivity contribution in [3.63, 3.8) is 0 Å². The molecule has 0 saturated heterocycles. The van der Waals surface area contributed by atoms with Gasteiger partial charge in [-0.15, -0.1) is 0 Å². The Morgan fingerprint density at radius 3 is 2.27 bits per heavy atom. The zero-order chi connectivity index (χ0) is 23.1. The third-order valence-corrected chi connectivity index (χ3v) is 5.65. The van der Waals surface area contributed by atoms with E-state index in [0.717, 1.165) is 10.5 Å². The summed E-state index contributed by atoms with van der Waals surface area (Å²) in [5.74, 6) is -0.750. The van der Waals surface area contributed by atoms with E-state index in [1.807, 2.05) is 12.1 Å². The molecule has 0 fully saturated rings. The number of fused-ring (bicyclic) bond motifs is 2. The normalized spacial score (nSPS) is 12.9. The lowest BCUT2D eigenvalue weighted by Gasteiger charge is -2.18. The van der Waals surface area contributed by atoms with Crippen LogP contribution in [0.3, 0.4) is 0 Å². The molecule has 0 atom stereocenters. The van der Waals surface area contributed by atoms with Crippen molar-refractivity contribution in [2.45, 2.75) is 6.61 Å². The molecular weight excluding hydrogens is 447 g/mol. The minimum Gasteiger partial charge on any atom is -0.497 e. The van der Waals surface area contributed by atoms with Gasteiger partial charge in [-0.05, 0) is 48.0 Å². The van der Waals surface area contributed by atoms with E-state index >= 15 is 0 Å². The van der Waals surface area contributed by atoms with Gasteiger partial charge in [-0.25, -0.2) is 14.3 Å². The van der Waals surface area contributed by atoms with Gasteiger partial charge in [0, 0.05) is 5.39 Å². The molecule has 164 valence electrons. The van der Waals surface area contributed by atoms with E-state index in [2.05, 4.69) is 4.98 Å². The van der Waals surface area contributed by atoms with E-state index in [-0.39, 0.29) is 34.3 Å². The molecule has 5 rings (SSSR count). The summed E-state index contributed by atoms with van der Waals surface area (Å²) in [7, 11) is 1.58. The van der Waals surface area contributed by atoms with Crippen LogP contribution in [0.5, 0.6) is 11.5 Å². The Balaban J connectivity index is 1.59. The number of nitrogens with zero attached hydrogens (tertiary/aromatic N) is 2. The van der Waals surface area contributed by atoms with Crippen molar-refractivity contribution in [1.82, 2.24) is 4.98 Å². The highest BCUT2D eigenvalue weighted by molar-refractivity contribution is 6.34. The lowest BCUT2D eigenvalue weighted by Crippen LogP contribution is -2.30. The Hall–Kier alpha value is -3.97. The molecular formula is C25H16ClFN2O4. The minimum absolute atomic E-state index is 0.0184. The first kappa shape index (κ1) is 20.9. The number of benzene rings is 3. The number of carbonyl (C=O) groups is 2. The van der Waals surface area contributed by atoms with Gasteiger partial charge < -0.3 is 9.47 Å². The Bertz CT molecular complexity index is 1390. The van der Waals surface area contributed by atoms with Crippen LogP contribution in [0.2, 0.25) is 5.02 Å². The van der Waals surface area contributed by atoms with Gasteiger partial charge >= 0.3 is 0 Å². The van der Waals surface area contributed by atoms with E-state index in [1.165, 1.54) is 12.1 Å². The van der Waals surface area contributed by atoms with Gasteiger partial charge in [-0.1, -0.05) is 35.9 Å². The molecule has 6 nitrogen and oxygen atoms in total. The number of pyridine rings is 1. The van der Waals surface area contributed by atoms with Crippen LogP contribution in [-0.2, 0) is 6.61 Å². The van der Waals surface area contributed by atoms with Crippen LogP contribution in [-0.4, -0.2) is 23.9 Å². The number of methoxy groups -OCH3 is 1. The first-order valence-electron chi connectivity index (χ1n) is 9.99. The quantitative estimate of drug-likeness (QED) is 0.371. The number of anilines is 1. The maximum atomic E-state index is 14.1. The Morgan fingerprint density at radius 2 is 1.64 bits per heavy atom. The number of ether oxygens (including phenoxy) is 2. The van der Waals surface area contributed by atoms with E-state index in [0.29, 0.717) is 16.7 Å². The number of hydrogen-bond donors (Lipinski definition) is 0. The fraction of sp³-hybridized carbons (Fsp3) is 0.0800.